The molecule has 1 unspecified atom stereocenters. The van der Waals surface area contributed by atoms with Gasteiger partial charge in [0.1, 0.15) is 12.4 Å². The standard InChI is InChI=1S/C15H27N3O2/c1-3-4-5-6-7-8-9-18-15(19)10-14(11-17-18)20-12-13(2)16/h10-11,13H,3-9,12,16H2,1-2H3. The first-order valence-corrected chi connectivity index (χ1v) is 7.59. The van der Waals surface area contributed by atoms with E-state index in [9.17, 15) is 4.79 Å². The highest BCUT2D eigenvalue weighted by molar-refractivity contribution is 5.13. The number of hydrogen-bond donors (Lipinski definition) is 1. The van der Waals surface area contributed by atoms with Gasteiger partial charge < -0.3 is 10.5 Å². The van der Waals surface area contributed by atoms with Crippen LogP contribution in [0.3, 0.4) is 0 Å². The van der Waals surface area contributed by atoms with Crippen LogP contribution >= 0.6 is 0 Å². The summed E-state index contributed by atoms with van der Waals surface area (Å²) in [6.07, 6.45) is 8.79. The number of nitrogens with zero attached hydrogens (tertiary/aromatic N) is 2. The zero-order valence-electron chi connectivity index (χ0n) is 12.7. The Morgan fingerprint density at radius 2 is 2.00 bits per heavy atom. The summed E-state index contributed by atoms with van der Waals surface area (Å²) < 4.78 is 6.87. The number of hydrogen-bond acceptors (Lipinski definition) is 4. The number of unbranched alkanes of at least 4 members (excludes halogenated alkanes) is 5. The monoisotopic (exact) mass is 281 g/mol. The Labute approximate surface area is 121 Å². The molecule has 20 heavy (non-hydrogen) atoms. The molecule has 0 saturated carbocycles. The van der Waals surface area contributed by atoms with Gasteiger partial charge in [-0.05, 0) is 13.3 Å². The fraction of sp³-hybridized carbons (Fsp3) is 0.733. The van der Waals surface area contributed by atoms with Gasteiger partial charge >= 0.3 is 0 Å². The average Bonchev–Trinajstić information content (AvgIpc) is 2.42. The van der Waals surface area contributed by atoms with Crippen molar-refractivity contribution in [2.24, 2.45) is 5.73 Å². The lowest BCUT2D eigenvalue weighted by molar-refractivity contribution is 0.292. The quantitative estimate of drug-likeness (QED) is 0.668. The molecular formula is C15H27N3O2. The van der Waals surface area contributed by atoms with Crippen LogP contribution in [0.4, 0.5) is 0 Å². The van der Waals surface area contributed by atoms with E-state index in [-0.39, 0.29) is 11.6 Å². The van der Waals surface area contributed by atoms with Gasteiger partial charge in [-0.3, -0.25) is 4.79 Å². The van der Waals surface area contributed by atoms with Crippen molar-refractivity contribution >= 4 is 0 Å². The van der Waals surface area contributed by atoms with Crippen molar-refractivity contribution in [2.45, 2.75) is 65.0 Å². The van der Waals surface area contributed by atoms with E-state index in [1.807, 2.05) is 6.92 Å². The maximum absolute atomic E-state index is 11.8. The molecule has 0 bridgehead atoms. The van der Waals surface area contributed by atoms with Crippen molar-refractivity contribution in [1.29, 1.82) is 0 Å². The molecular weight excluding hydrogens is 254 g/mol. The van der Waals surface area contributed by atoms with Crippen LogP contribution in [0.2, 0.25) is 0 Å². The molecule has 1 heterocycles. The minimum atomic E-state index is -0.110. The molecule has 0 amide bonds. The summed E-state index contributed by atoms with van der Waals surface area (Å²) in [5.41, 5.74) is 5.48. The number of rotatable bonds is 10. The lowest BCUT2D eigenvalue weighted by Crippen LogP contribution is -2.26. The molecule has 0 saturated heterocycles. The van der Waals surface area contributed by atoms with Crippen LogP contribution in [0.1, 0.15) is 52.4 Å². The van der Waals surface area contributed by atoms with E-state index in [1.54, 1.807) is 6.20 Å². The van der Waals surface area contributed by atoms with Crippen molar-refractivity contribution in [2.75, 3.05) is 6.61 Å². The Morgan fingerprint density at radius 3 is 2.65 bits per heavy atom. The minimum Gasteiger partial charge on any atom is -0.490 e. The molecule has 1 atom stereocenters. The molecule has 0 aliphatic heterocycles. The summed E-state index contributed by atoms with van der Waals surface area (Å²) in [5.74, 6) is 0.492. The summed E-state index contributed by atoms with van der Waals surface area (Å²) in [4.78, 5) is 11.8. The van der Waals surface area contributed by atoms with Crippen molar-refractivity contribution in [3.8, 4) is 5.75 Å². The Kier molecular flexibility index (Phi) is 7.95. The zero-order chi connectivity index (χ0) is 14.8. The van der Waals surface area contributed by atoms with Gasteiger partial charge in [0.15, 0.2) is 0 Å². The summed E-state index contributed by atoms with van der Waals surface area (Å²) >= 11 is 0. The number of aryl methyl sites for hydroxylation is 1. The predicted molar refractivity (Wildman–Crippen MR) is 81.0 cm³/mol. The first-order valence-electron chi connectivity index (χ1n) is 7.59. The Hall–Kier alpha value is -1.36. The molecule has 5 heteroatoms. The lowest BCUT2D eigenvalue weighted by Gasteiger charge is -2.09. The third kappa shape index (κ3) is 6.70. The highest BCUT2D eigenvalue weighted by Crippen LogP contribution is 2.07. The maximum Gasteiger partial charge on any atom is 0.270 e. The van der Waals surface area contributed by atoms with Gasteiger partial charge in [-0.2, -0.15) is 5.10 Å². The van der Waals surface area contributed by atoms with E-state index in [0.717, 1.165) is 12.8 Å². The van der Waals surface area contributed by atoms with Gasteiger partial charge in [0.2, 0.25) is 0 Å². The average molecular weight is 281 g/mol. The predicted octanol–water partition coefficient (Wildman–Crippen LogP) is 2.33. The topological polar surface area (TPSA) is 70.1 Å². The van der Waals surface area contributed by atoms with Crippen molar-refractivity contribution < 1.29 is 4.74 Å². The second-order valence-electron chi connectivity index (χ2n) is 5.31. The lowest BCUT2D eigenvalue weighted by atomic mass is 10.1. The van der Waals surface area contributed by atoms with Crippen LogP contribution in [-0.4, -0.2) is 22.4 Å². The van der Waals surface area contributed by atoms with Crippen LogP contribution in [0.5, 0.6) is 5.75 Å². The molecule has 1 aromatic rings. The third-order valence-corrected chi connectivity index (χ3v) is 3.08. The van der Waals surface area contributed by atoms with Gasteiger partial charge in [0, 0.05) is 18.7 Å². The van der Waals surface area contributed by atoms with Crippen LogP contribution in [-0.2, 0) is 6.54 Å². The second-order valence-corrected chi connectivity index (χ2v) is 5.31. The Bertz CT molecular complexity index is 429. The fourth-order valence-electron chi connectivity index (χ4n) is 1.93. The Morgan fingerprint density at radius 1 is 1.30 bits per heavy atom. The number of aromatic nitrogens is 2. The van der Waals surface area contributed by atoms with Crippen molar-refractivity contribution in [3.63, 3.8) is 0 Å². The molecule has 0 aliphatic carbocycles. The smallest absolute Gasteiger partial charge is 0.270 e. The highest BCUT2D eigenvalue weighted by atomic mass is 16.5. The van der Waals surface area contributed by atoms with Crippen LogP contribution < -0.4 is 16.0 Å². The molecule has 5 nitrogen and oxygen atoms in total. The van der Waals surface area contributed by atoms with E-state index < -0.39 is 0 Å². The van der Waals surface area contributed by atoms with E-state index in [1.165, 1.54) is 36.4 Å². The van der Waals surface area contributed by atoms with E-state index in [0.29, 0.717) is 18.9 Å². The first-order chi connectivity index (χ1) is 9.63. The molecule has 0 aliphatic rings. The maximum atomic E-state index is 11.8. The van der Waals surface area contributed by atoms with Crippen LogP contribution in [0.15, 0.2) is 17.1 Å². The highest BCUT2D eigenvalue weighted by Gasteiger charge is 2.02. The van der Waals surface area contributed by atoms with E-state index >= 15 is 0 Å². The van der Waals surface area contributed by atoms with Crippen molar-refractivity contribution in [3.05, 3.63) is 22.6 Å². The van der Waals surface area contributed by atoms with Crippen LogP contribution in [0.25, 0.3) is 0 Å². The van der Waals surface area contributed by atoms with E-state index in [4.69, 9.17) is 10.5 Å². The van der Waals surface area contributed by atoms with Gasteiger partial charge in [-0.15, -0.1) is 0 Å². The first kappa shape index (κ1) is 16.7. The van der Waals surface area contributed by atoms with Gasteiger partial charge in [-0.1, -0.05) is 39.0 Å². The third-order valence-electron chi connectivity index (χ3n) is 3.08. The second kappa shape index (κ2) is 9.53. The number of nitrogens with two attached hydrogens (primary N) is 1. The van der Waals surface area contributed by atoms with Crippen molar-refractivity contribution in [1.82, 2.24) is 9.78 Å². The molecule has 0 fully saturated rings. The van der Waals surface area contributed by atoms with Crippen LogP contribution in [0, 0.1) is 0 Å². The summed E-state index contributed by atoms with van der Waals surface area (Å²) in [6.45, 7) is 5.13. The fourth-order valence-corrected chi connectivity index (χ4v) is 1.93. The molecule has 0 spiro atoms. The van der Waals surface area contributed by atoms with Gasteiger partial charge in [0.05, 0.1) is 6.20 Å². The molecule has 1 aromatic heterocycles. The SMILES string of the molecule is CCCCCCCCn1ncc(OCC(C)N)cc1=O. The minimum absolute atomic E-state index is 0.0550. The molecule has 1 rings (SSSR count). The molecule has 2 N–H and O–H groups in total. The largest absolute Gasteiger partial charge is 0.490 e. The summed E-state index contributed by atoms with van der Waals surface area (Å²) in [5, 5.41) is 4.13. The Balaban J connectivity index is 2.34. The summed E-state index contributed by atoms with van der Waals surface area (Å²) in [6, 6.07) is 1.42. The number of ether oxygens (including phenoxy) is 1. The molecule has 114 valence electrons. The zero-order valence-corrected chi connectivity index (χ0v) is 12.7. The normalized spacial score (nSPS) is 12.3. The van der Waals surface area contributed by atoms with E-state index in [2.05, 4.69) is 12.0 Å². The summed E-state index contributed by atoms with van der Waals surface area (Å²) in [7, 11) is 0. The molecule has 0 radical (unpaired) electrons. The van der Waals surface area contributed by atoms with Gasteiger partial charge in [0.25, 0.3) is 5.56 Å². The van der Waals surface area contributed by atoms with Gasteiger partial charge in [-0.25, -0.2) is 4.68 Å². The molecule has 0 aromatic carbocycles.